The Morgan fingerprint density at radius 2 is 1.89 bits per heavy atom. The highest BCUT2D eigenvalue weighted by atomic mass is 16.3. The van der Waals surface area contributed by atoms with Gasteiger partial charge in [-0.2, -0.15) is 0 Å². The Labute approximate surface area is 207 Å². The first-order valence-corrected chi connectivity index (χ1v) is 12.1. The molecule has 0 bridgehead atoms. The van der Waals surface area contributed by atoms with E-state index < -0.39 is 11.8 Å². The first kappa shape index (κ1) is 18.4. The zero-order chi connectivity index (χ0) is 25.9. The monoisotopic (exact) mass is 458 g/mol. The van der Waals surface area contributed by atoms with Gasteiger partial charge in [-0.1, -0.05) is 92.1 Å². The fourth-order valence-corrected chi connectivity index (χ4v) is 5.73. The molecule has 0 N–H and O–H groups in total. The van der Waals surface area contributed by atoms with E-state index in [1.807, 2.05) is 43.7 Å². The fraction of sp³-hybridized carbons (Fsp3) is 0.188. The molecular formula is C32H28N2O. The van der Waals surface area contributed by atoms with Gasteiger partial charge in [0.1, 0.15) is 17.8 Å². The van der Waals surface area contributed by atoms with Crippen molar-refractivity contribution in [3.05, 3.63) is 95.7 Å². The third-order valence-corrected chi connectivity index (χ3v) is 7.01. The lowest BCUT2D eigenvalue weighted by Gasteiger charge is -2.25. The zero-order valence-corrected chi connectivity index (χ0v) is 20.4. The molecule has 1 aliphatic heterocycles. The standard InChI is InChI=1S/C32H28N2O/c1-19-13-16-26-29(27(19)25-15-14-20(18-33(25)5)17-32(2,3)4)28-23-11-8-10-22-21-9-6-7-12-24(21)34(30(22)23)31(28)35-26/h6-16,18H,5,17H2,1-4H3/i17D2. The second-order valence-electron chi connectivity index (χ2n) is 10.6. The van der Waals surface area contributed by atoms with Gasteiger partial charge in [-0.25, -0.2) is 4.40 Å². The van der Waals surface area contributed by atoms with Crippen molar-refractivity contribution in [3.8, 4) is 0 Å². The molecule has 0 fully saturated rings. The number of para-hydroxylation sites is 2. The summed E-state index contributed by atoms with van der Waals surface area (Å²) in [4.78, 5) is 0. The van der Waals surface area contributed by atoms with Crippen LogP contribution in [-0.4, -0.2) is 11.3 Å². The third kappa shape index (κ3) is 2.78. The Morgan fingerprint density at radius 3 is 2.69 bits per heavy atom. The van der Waals surface area contributed by atoms with E-state index in [4.69, 9.17) is 7.16 Å². The quantitative estimate of drug-likeness (QED) is 0.149. The van der Waals surface area contributed by atoms with Crippen LogP contribution in [0.3, 0.4) is 0 Å². The Morgan fingerprint density at radius 1 is 1.06 bits per heavy atom. The van der Waals surface area contributed by atoms with Crippen LogP contribution in [-0.2, 0) is 0 Å². The van der Waals surface area contributed by atoms with Crippen LogP contribution >= 0.6 is 0 Å². The molecule has 0 spiro atoms. The second kappa shape index (κ2) is 6.79. The summed E-state index contributed by atoms with van der Waals surface area (Å²) in [6.45, 7) is 12.2. The van der Waals surface area contributed by atoms with Crippen molar-refractivity contribution in [1.82, 2.24) is 0 Å². The molecule has 0 unspecified atom stereocenters. The van der Waals surface area contributed by atoms with Gasteiger partial charge in [-0.15, -0.1) is 6.07 Å². The largest absolute Gasteiger partial charge is 0.462 e. The van der Waals surface area contributed by atoms with E-state index >= 15 is 0 Å². The van der Waals surface area contributed by atoms with Gasteiger partial charge < -0.3 is 0 Å². The number of furan rings is 1. The SMILES string of the molecule is [2H]C([2H])(C1=C[N+](=C)[C-](c2c(C)ccc3[o+][c-]4c(c5cccc6c7cccc[c-]7[n+]4c65)c23)C=C1)C(C)(C)C. The van der Waals surface area contributed by atoms with Crippen LogP contribution in [0, 0.1) is 18.4 Å². The minimum atomic E-state index is -1.50. The number of nitrogens with zero attached hydrogens (tertiary/aromatic N) is 2. The molecule has 0 radical (unpaired) electrons. The molecule has 4 heterocycles. The van der Waals surface area contributed by atoms with E-state index in [0.717, 1.165) is 44.8 Å². The summed E-state index contributed by atoms with van der Waals surface area (Å²) >= 11 is 0. The predicted molar refractivity (Wildman–Crippen MR) is 144 cm³/mol. The molecule has 0 saturated carbocycles. The predicted octanol–water partition coefficient (Wildman–Crippen LogP) is 7.58. The normalized spacial score (nSPS) is 16.3. The Hall–Kier alpha value is -3.98. The summed E-state index contributed by atoms with van der Waals surface area (Å²) in [5.41, 5.74) is 6.27. The summed E-state index contributed by atoms with van der Waals surface area (Å²) in [6.07, 6.45) is 4.23. The van der Waals surface area contributed by atoms with Crippen molar-refractivity contribution < 1.29 is 16.1 Å². The molecule has 0 amide bonds. The molecule has 3 nitrogen and oxygen atoms in total. The van der Waals surface area contributed by atoms with Gasteiger partial charge in [-0.05, 0) is 51.7 Å². The molecule has 35 heavy (non-hydrogen) atoms. The average Bonchev–Trinajstić information content (AvgIpc) is 3.49. The van der Waals surface area contributed by atoms with Crippen molar-refractivity contribution in [3.63, 3.8) is 0 Å². The van der Waals surface area contributed by atoms with Crippen molar-refractivity contribution in [1.29, 1.82) is 0 Å². The maximum absolute atomic E-state index is 8.73. The van der Waals surface area contributed by atoms with Gasteiger partial charge in [0, 0.05) is 2.74 Å². The van der Waals surface area contributed by atoms with E-state index in [0.29, 0.717) is 5.57 Å². The minimum absolute atomic E-state index is 0.544. The summed E-state index contributed by atoms with van der Waals surface area (Å²) in [5, 5.41) is 5.79. The second-order valence-corrected chi connectivity index (χ2v) is 10.6. The highest BCUT2D eigenvalue weighted by molar-refractivity contribution is 6.24. The summed E-state index contributed by atoms with van der Waals surface area (Å²) in [5.74, 6) is 0. The summed E-state index contributed by atoms with van der Waals surface area (Å²) in [7, 11) is 0. The Bertz CT molecular complexity index is 1980. The smallest absolute Gasteiger partial charge is 0.283 e. The lowest BCUT2D eigenvalue weighted by Crippen LogP contribution is -2.17. The van der Waals surface area contributed by atoms with Gasteiger partial charge in [0.25, 0.3) is 0 Å². The van der Waals surface area contributed by atoms with Crippen LogP contribution < -0.4 is 4.40 Å². The lowest BCUT2D eigenvalue weighted by molar-refractivity contribution is -0.453. The van der Waals surface area contributed by atoms with Crippen molar-refractivity contribution in [2.45, 2.75) is 34.1 Å². The first-order chi connectivity index (χ1) is 17.6. The Kier molecular flexibility index (Phi) is 3.56. The molecule has 1 aliphatic rings. The maximum Gasteiger partial charge on any atom is 0.462 e. The van der Waals surface area contributed by atoms with Gasteiger partial charge in [0.15, 0.2) is 0 Å². The number of hydrogen-bond acceptors (Lipinski definition) is 0. The van der Waals surface area contributed by atoms with E-state index in [1.54, 1.807) is 0 Å². The highest BCUT2D eigenvalue weighted by Crippen LogP contribution is 2.43. The Balaban J connectivity index is 1.52. The van der Waals surface area contributed by atoms with Gasteiger partial charge in [-0.3, -0.25) is 8.99 Å². The van der Waals surface area contributed by atoms with E-state index in [-0.39, 0.29) is 0 Å². The zero-order valence-electron chi connectivity index (χ0n) is 22.4. The van der Waals surface area contributed by atoms with Crippen LogP contribution in [0.15, 0.2) is 82.9 Å². The van der Waals surface area contributed by atoms with Crippen molar-refractivity contribution in [2.75, 3.05) is 0 Å². The van der Waals surface area contributed by atoms with Gasteiger partial charge >= 0.3 is 5.71 Å². The molecule has 6 aromatic rings. The van der Waals surface area contributed by atoms with Gasteiger partial charge in [0.05, 0.1) is 12.2 Å². The van der Waals surface area contributed by atoms with E-state index in [9.17, 15) is 0 Å². The van der Waals surface area contributed by atoms with Crippen molar-refractivity contribution >= 4 is 56.0 Å². The number of aryl methyl sites for hydroxylation is 1. The molecule has 3 aromatic carbocycles. The summed E-state index contributed by atoms with van der Waals surface area (Å²) in [6, 6.07) is 20.0. The van der Waals surface area contributed by atoms with Crippen molar-refractivity contribution in [2.24, 2.45) is 5.41 Å². The number of rotatable bonds is 2. The van der Waals surface area contributed by atoms with Crippen LogP contribution in [0.5, 0.6) is 0 Å². The summed E-state index contributed by atoms with van der Waals surface area (Å²) < 4.78 is 28.1. The average molecular weight is 459 g/mol. The molecule has 0 saturated heterocycles. The van der Waals surface area contributed by atoms with Crippen LogP contribution in [0.2, 0.25) is 0 Å². The topological polar surface area (TPSA) is 18.4 Å². The number of hydrogen-bond donors (Lipinski definition) is 0. The molecule has 3 aromatic heterocycles. The maximum atomic E-state index is 8.73. The van der Waals surface area contributed by atoms with Gasteiger partial charge in [0.2, 0.25) is 5.58 Å². The molecule has 0 atom stereocenters. The van der Waals surface area contributed by atoms with E-state index in [1.165, 1.54) is 21.7 Å². The third-order valence-electron chi connectivity index (χ3n) is 7.01. The number of allylic oxidation sites excluding steroid dienone is 2. The molecule has 7 rings (SSSR count). The molecule has 3 heteroatoms. The molecular weight excluding hydrogens is 428 g/mol. The first-order valence-electron chi connectivity index (χ1n) is 13.1. The van der Waals surface area contributed by atoms with Crippen LogP contribution in [0.25, 0.3) is 49.3 Å². The van der Waals surface area contributed by atoms with Crippen LogP contribution in [0.1, 0.15) is 41.0 Å². The fourth-order valence-electron chi connectivity index (χ4n) is 5.73. The van der Waals surface area contributed by atoms with E-state index in [2.05, 4.69) is 72.6 Å². The lowest BCUT2D eigenvalue weighted by atomic mass is 9.86. The number of benzene rings is 3. The highest BCUT2D eigenvalue weighted by Gasteiger charge is 2.28. The minimum Gasteiger partial charge on any atom is -0.283 e. The molecule has 172 valence electrons. The number of fused-ring (bicyclic) bond motifs is 8. The van der Waals surface area contributed by atoms with Crippen LogP contribution in [0.4, 0.5) is 0 Å². The molecule has 0 aliphatic carbocycles. The number of aromatic nitrogens is 1.